The lowest BCUT2D eigenvalue weighted by molar-refractivity contribution is -0.159. The quantitative estimate of drug-likeness (QED) is 0.521. The van der Waals surface area contributed by atoms with Gasteiger partial charge in [-0.2, -0.15) is 0 Å². The minimum atomic E-state index is -0.780. The van der Waals surface area contributed by atoms with Crippen molar-refractivity contribution in [1.29, 1.82) is 0 Å². The van der Waals surface area contributed by atoms with Crippen molar-refractivity contribution < 1.29 is 14.7 Å². The summed E-state index contributed by atoms with van der Waals surface area (Å²) < 4.78 is 0. The van der Waals surface area contributed by atoms with E-state index in [4.69, 9.17) is 11.6 Å². The normalized spacial score (nSPS) is 28.5. The molecule has 0 unspecified atom stereocenters. The van der Waals surface area contributed by atoms with E-state index in [1.54, 1.807) is 11.8 Å². The largest absolute Gasteiger partial charge is 0.481 e. The Bertz CT molecular complexity index is 937. The fraction of sp³-hybridized carbons (Fsp3) is 0.630. The molecule has 1 amide bonds. The van der Waals surface area contributed by atoms with Gasteiger partial charge in [0.15, 0.2) is 0 Å². The van der Waals surface area contributed by atoms with E-state index >= 15 is 0 Å². The van der Waals surface area contributed by atoms with Crippen molar-refractivity contribution in [2.75, 3.05) is 0 Å². The fourth-order valence-electron chi connectivity index (χ4n) is 5.18. The monoisotopic (exact) mass is 459 g/mol. The molecule has 1 N–H and O–H groups in total. The number of aryl methyl sites for hydroxylation is 1. The number of allylic oxidation sites excluding steroid dienone is 1. The molecule has 0 bridgehead atoms. The Balaban J connectivity index is 1.89. The van der Waals surface area contributed by atoms with Crippen LogP contribution in [-0.4, -0.2) is 27.9 Å². The number of nitrogens with zero attached hydrogens (tertiary/aromatic N) is 1. The van der Waals surface area contributed by atoms with Gasteiger partial charge in [-0.15, -0.1) is 0 Å². The van der Waals surface area contributed by atoms with Gasteiger partial charge in [0.2, 0.25) is 5.91 Å². The van der Waals surface area contributed by atoms with Gasteiger partial charge in [-0.05, 0) is 66.7 Å². The highest BCUT2D eigenvalue weighted by atomic mass is 35.5. The summed E-state index contributed by atoms with van der Waals surface area (Å²) in [5.41, 5.74) is 2.51. The first-order valence-corrected chi connectivity index (χ1v) is 12.1. The van der Waals surface area contributed by atoms with E-state index in [9.17, 15) is 14.7 Å². The Morgan fingerprint density at radius 2 is 1.88 bits per heavy atom. The van der Waals surface area contributed by atoms with Gasteiger partial charge in [0.25, 0.3) is 0 Å². The van der Waals surface area contributed by atoms with Crippen LogP contribution in [0.1, 0.15) is 85.3 Å². The first-order valence-electron chi connectivity index (χ1n) is 11.7. The molecular formula is C27H38ClNO3. The first-order chi connectivity index (χ1) is 14.7. The maximum Gasteiger partial charge on any atom is 0.309 e. The number of amides is 1. The predicted molar refractivity (Wildman–Crippen MR) is 130 cm³/mol. The molecule has 0 radical (unpaired) electrons. The summed E-state index contributed by atoms with van der Waals surface area (Å²) in [5, 5.41) is 10.2. The van der Waals surface area contributed by atoms with Crippen LogP contribution in [-0.2, 0) is 21.4 Å². The maximum atomic E-state index is 13.2. The van der Waals surface area contributed by atoms with Crippen molar-refractivity contribution in [3.8, 4) is 0 Å². The molecule has 2 aliphatic rings. The number of halogens is 1. The van der Waals surface area contributed by atoms with Crippen LogP contribution in [0.5, 0.6) is 0 Å². The molecule has 5 heteroatoms. The van der Waals surface area contributed by atoms with Crippen molar-refractivity contribution >= 4 is 23.5 Å². The van der Waals surface area contributed by atoms with E-state index in [1.807, 2.05) is 12.3 Å². The van der Waals surface area contributed by atoms with Gasteiger partial charge in [0.1, 0.15) is 0 Å². The average molecular weight is 460 g/mol. The van der Waals surface area contributed by atoms with E-state index < -0.39 is 16.8 Å². The third-order valence-electron chi connectivity index (χ3n) is 7.45. The lowest BCUT2D eigenvalue weighted by Crippen LogP contribution is -2.55. The summed E-state index contributed by atoms with van der Waals surface area (Å²) in [6.07, 6.45) is 5.37. The number of hydrogen-bond acceptors (Lipinski definition) is 2. The van der Waals surface area contributed by atoms with Gasteiger partial charge in [-0.3, -0.25) is 9.59 Å². The van der Waals surface area contributed by atoms with Gasteiger partial charge in [-0.25, -0.2) is 0 Å². The number of hydrogen-bond donors (Lipinski definition) is 1. The predicted octanol–water partition coefficient (Wildman–Crippen LogP) is 6.60. The maximum absolute atomic E-state index is 13.2. The molecule has 1 aromatic rings. The number of carboxylic acids is 1. The lowest BCUT2D eigenvalue weighted by Gasteiger charge is -2.50. The van der Waals surface area contributed by atoms with Crippen LogP contribution < -0.4 is 0 Å². The molecule has 0 spiro atoms. The van der Waals surface area contributed by atoms with Crippen LogP contribution in [0, 0.1) is 16.7 Å². The topological polar surface area (TPSA) is 57.6 Å². The molecule has 1 heterocycles. The molecule has 4 nitrogen and oxygen atoms in total. The molecule has 1 fully saturated rings. The van der Waals surface area contributed by atoms with Gasteiger partial charge in [0, 0.05) is 29.1 Å². The van der Waals surface area contributed by atoms with Gasteiger partial charge >= 0.3 is 5.97 Å². The van der Waals surface area contributed by atoms with Crippen LogP contribution in [0.25, 0.3) is 0 Å². The molecule has 3 rings (SSSR count). The minimum absolute atomic E-state index is 0.0368. The molecule has 0 saturated heterocycles. The van der Waals surface area contributed by atoms with E-state index in [2.05, 4.69) is 53.7 Å². The van der Waals surface area contributed by atoms with E-state index in [0.717, 1.165) is 29.0 Å². The molecular weight excluding hydrogens is 422 g/mol. The van der Waals surface area contributed by atoms with E-state index in [-0.39, 0.29) is 23.3 Å². The van der Waals surface area contributed by atoms with E-state index in [1.165, 1.54) is 5.57 Å². The molecule has 1 aliphatic heterocycles. The van der Waals surface area contributed by atoms with Gasteiger partial charge in [0.05, 0.1) is 5.41 Å². The van der Waals surface area contributed by atoms with Crippen molar-refractivity contribution in [3.05, 3.63) is 46.1 Å². The second-order valence-corrected chi connectivity index (χ2v) is 12.3. The molecule has 1 saturated carbocycles. The van der Waals surface area contributed by atoms with Gasteiger partial charge in [-0.1, -0.05) is 65.3 Å². The standard InChI is InChI=1S/C27H38ClNO3/c1-17(2)21-16-29(20-13-26(6,14-20)24(31)32)23(30)15-27(21,7)19-9-8-18(22(28)12-19)10-11-25(3,4)5/h8-9,12,16-17,20H,10-11,13-15H2,1-7H3,(H,31,32)/t20?,26?,27-/m1/s1. The van der Waals surface area contributed by atoms with Crippen molar-refractivity contribution in [2.45, 2.75) is 92.0 Å². The zero-order valence-corrected chi connectivity index (χ0v) is 21.3. The third-order valence-corrected chi connectivity index (χ3v) is 7.80. The summed E-state index contributed by atoms with van der Waals surface area (Å²) in [4.78, 5) is 26.5. The molecule has 1 aliphatic carbocycles. The lowest BCUT2D eigenvalue weighted by atomic mass is 9.64. The number of carbonyl (C=O) groups excluding carboxylic acids is 1. The first kappa shape index (κ1) is 24.8. The Labute approximate surface area is 198 Å². The number of aliphatic carboxylic acids is 1. The van der Waals surface area contributed by atoms with Crippen molar-refractivity contribution in [3.63, 3.8) is 0 Å². The smallest absolute Gasteiger partial charge is 0.309 e. The molecule has 0 aromatic heterocycles. The van der Waals surface area contributed by atoms with Gasteiger partial charge < -0.3 is 10.0 Å². The Hall–Kier alpha value is -1.81. The zero-order chi connectivity index (χ0) is 24.1. The Morgan fingerprint density at radius 3 is 2.38 bits per heavy atom. The Kier molecular flexibility index (Phi) is 6.61. The third kappa shape index (κ3) is 4.76. The Morgan fingerprint density at radius 1 is 1.25 bits per heavy atom. The SMILES string of the molecule is CC(C)C1=CN(C2CC(C)(C(=O)O)C2)C(=O)C[C@]1(C)c1ccc(CCC(C)(C)C)c(Cl)c1. The highest BCUT2D eigenvalue weighted by Crippen LogP contribution is 2.49. The molecule has 176 valence electrons. The fourth-order valence-corrected chi connectivity index (χ4v) is 5.45. The number of benzene rings is 1. The summed E-state index contributed by atoms with van der Waals surface area (Å²) in [6, 6.07) is 6.26. The highest BCUT2D eigenvalue weighted by molar-refractivity contribution is 6.31. The van der Waals surface area contributed by atoms with Crippen LogP contribution in [0.4, 0.5) is 0 Å². The van der Waals surface area contributed by atoms with Crippen LogP contribution in [0.15, 0.2) is 30.0 Å². The molecule has 1 aromatic carbocycles. The molecule has 32 heavy (non-hydrogen) atoms. The zero-order valence-electron chi connectivity index (χ0n) is 20.6. The van der Waals surface area contributed by atoms with Crippen LogP contribution >= 0.6 is 11.6 Å². The number of carboxylic acid groups (broad SMARTS) is 1. The summed E-state index contributed by atoms with van der Waals surface area (Å²) >= 11 is 6.70. The van der Waals surface area contributed by atoms with E-state index in [0.29, 0.717) is 19.3 Å². The second-order valence-electron chi connectivity index (χ2n) is 11.8. The highest BCUT2D eigenvalue weighted by Gasteiger charge is 2.51. The van der Waals surface area contributed by atoms with Crippen LogP contribution in [0.2, 0.25) is 5.02 Å². The number of rotatable bonds is 6. The summed E-state index contributed by atoms with van der Waals surface area (Å²) in [5.74, 6) is -0.472. The average Bonchev–Trinajstić information content (AvgIpc) is 2.63. The summed E-state index contributed by atoms with van der Waals surface area (Å²) in [6.45, 7) is 14.9. The number of carbonyl (C=O) groups is 2. The van der Waals surface area contributed by atoms with Crippen LogP contribution in [0.3, 0.4) is 0 Å². The minimum Gasteiger partial charge on any atom is -0.481 e. The molecule has 1 atom stereocenters. The van der Waals surface area contributed by atoms with Crippen molar-refractivity contribution in [2.24, 2.45) is 16.7 Å². The van der Waals surface area contributed by atoms with Crippen molar-refractivity contribution in [1.82, 2.24) is 4.90 Å². The summed E-state index contributed by atoms with van der Waals surface area (Å²) in [7, 11) is 0. The second kappa shape index (κ2) is 8.52.